The van der Waals surface area contributed by atoms with E-state index in [1.807, 2.05) is 30.3 Å². The molecule has 1 aliphatic rings. The number of benzene rings is 2. The maximum atomic E-state index is 12.6. The zero-order chi connectivity index (χ0) is 22.3. The Bertz CT molecular complexity index is 804. The van der Waals surface area contributed by atoms with Crippen LogP contribution in [0.1, 0.15) is 19.4 Å². The number of para-hydroxylation sites is 2. The molecule has 2 aromatic carbocycles. The molecule has 0 aromatic heterocycles. The van der Waals surface area contributed by atoms with Crippen molar-refractivity contribution in [2.45, 2.75) is 26.6 Å². The van der Waals surface area contributed by atoms with Crippen LogP contribution in [0.5, 0.6) is 5.75 Å². The van der Waals surface area contributed by atoms with Crippen molar-refractivity contribution in [1.82, 2.24) is 4.90 Å². The van der Waals surface area contributed by atoms with Gasteiger partial charge in [-0.3, -0.25) is 4.90 Å². The molecule has 0 unspecified atom stereocenters. The zero-order valence-electron chi connectivity index (χ0n) is 18.2. The highest BCUT2D eigenvalue weighted by molar-refractivity contribution is 5.58. The Morgan fingerprint density at radius 2 is 1.48 bits per heavy atom. The number of rotatable bonds is 9. The van der Waals surface area contributed by atoms with Crippen LogP contribution in [0.3, 0.4) is 0 Å². The molecule has 0 amide bonds. The van der Waals surface area contributed by atoms with Gasteiger partial charge in [0.2, 0.25) is 0 Å². The largest absolute Gasteiger partial charge is 0.482 e. The molecule has 1 heterocycles. The Morgan fingerprint density at radius 3 is 2.16 bits per heavy atom. The van der Waals surface area contributed by atoms with Crippen LogP contribution in [0.25, 0.3) is 0 Å². The van der Waals surface area contributed by atoms with E-state index in [-0.39, 0.29) is 11.2 Å². The van der Waals surface area contributed by atoms with Gasteiger partial charge in [0.1, 0.15) is 5.75 Å². The Balaban J connectivity index is 1.47. The fraction of sp³-hybridized carbons (Fsp3) is 0.500. The van der Waals surface area contributed by atoms with Crippen molar-refractivity contribution in [1.29, 1.82) is 0 Å². The molecule has 4 nitrogen and oxygen atoms in total. The van der Waals surface area contributed by atoms with Gasteiger partial charge < -0.3 is 14.4 Å². The summed E-state index contributed by atoms with van der Waals surface area (Å²) in [7, 11) is 0. The molecule has 0 spiro atoms. The molecule has 3 rings (SSSR count). The van der Waals surface area contributed by atoms with Crippen LogP contribution in [-0.2, 0) is 11.3 Å². The van der Waals surface area contributed by atoms with E-state index < -0.39 is 12.8 Å². The quantitative estimate of drug-likeness (QED) is 0.553. The first kappa shape index (κ1) is 23.4. The van der Waals surface area contributed by atoms with Crippen molar-refractivity contribution in [3.8, 4) is 5.75 Å². The molecule has 1 aliphatic heterocycles. The summed E-state index contributed by atoms with van der Waals surface area (Å²) in [6, 6.07) is 17.1. The maximum absolute atomic E-state index is 12.6. The Morgan fingerprint density at radius 1 is 0.839 bits per heavy atom. The normalized spacial score (nSPS) is 15.8. The van der Waals surface area contributed by atoms with Gasteiger partial charge in [-0.1, -0.05) is 56.3 Å². The first-order valence-corrected chi connectivity index (χ1v) is 10.6. The predicted octanol–water partition coefficient (Wildman–Crippen LogP) is 4.99. The van der Waals surface area contributed by atoms with E-state index in [0.29, 0.717) is 13.2 Å². The molecule has 1 fully saturated rings. The van der Waals surface area contributed by atoms with Gasteiger partial charge in [0.05, 0.1) is 18.9 Å². The summed E-state index contributed by atoms with van der Waals surface area (Å²) in [5, 5.41) is 0. The number of halogens is 3. The van der Waals surface area contributed by atoms with E-state index in [1.54, 1.807) is 12.1 Å². The highest BCUT2D eigenvalue weighted by atomic mass is 19.4. The molecular formula is C24H31F3N2O2. The molecule has 31 heavy (non-hydrogen) atoms. The molecule has 170 valence electrons. The molecule has 7 heteroatoms. The van der Waals surface area contributed by atoms with Crippen molar-refractivity contribution < 1.29 is 22.6 Å². The number of hydrogen-bond donors (Lipinski definition) is 0. The smallest absolute Gasteiger partial charge is 0.422 e. The highest BCUT2D eigenvalue weighted by Gasteiger charge is 2.30. The number of alkyl halides is 3. The number of piperazine rings is 1. The zero-order valence-corrected chi connectivity index (χ0v) is 18.2. The minimum absolute atomic E-state index is 0.00464. The molecule has 0 bridgehead atoms. The number of nitrogens with zero attached hydrogens (tertiary/aromatic N) is 2. The SMILES string of the molecule is CC(C)(COCc1ccccc1)CN1CCN(c2ccccc2OCC(F)(F)F)CC1. The van der Waals surface area contributed by atoms with Crippen LogP contribution in [0.15, 0.2) is 54.6 Å². The van der Waals surface area contributed by atoms with E-state index in [4.69, 9.17) is 9.47 Å². The Hall–Kier alpha value is -2.25. The predicted molar refractivity (Wildman–Crippen MR) is 117 cm³/mol. The average Bonchev–Trinajstić information content (AvgIpc) is 2.73. The number of anilines is 1. The summed E-state index contributed by atoms with van der Waals surface area (Å²) in [6.45, 7) is 8.47. The lowest BCUT2D eigenvalue weighted by Crippen LogP contribution is -2.49. The fourth-order valence-corrected chi connectivity index (χ4v) is 3.82. The molecule has 0 atom stereocenters. The van der Waals surface area contributed by atoms with Gasteiger partial charge in [-0.2, -0.15) is 13.2 Å². The van der Waals surface area contributed by atoms with Gasteiger partial charge in [0, 0.05) is 38.1 Å². The lowest BCUT2D eigenvalue weighted by molar-refractivity contribution is -0.153. The third-order valence-corrected chi connectivity index (χ3v) is 5.23. The van der Waals surface area contributed by atoms with Crippen LogP contribution in [0, 0.1) is 5.41 Å². The molecule has 2 aromatic rings. The standard InChI is InChI=1S/C24H31F3N2O2/c1-23(2,18-30-16-20-8-4-3-5-9-20)17-28-12-14-29(15-13-28)21-10-6-7-11-22(21)31-19-24(25,26)27/h3-11H,12-19H2,1-2H3. The van der Waals surface area contributed by atoms with Gasteiger partial charge >= 0.3 is 6.18 Å². The van der Waals surface area contributed by atoms with Crippen molar-refractivity contribution >= 4 is 5.69 Å². The van der Waals surface area contributed by atoms with Gasteiger partial charge in [-0.15, -0.1) is 0 Å². The lowest BCUT2D eigenvalue weighted by Gasteiger charge is -2.40. The number of hydrogen-bond acceptors (Lipinski definition) is 4. The maximum Gasteiger partial charge on any atom is 0.422 e. The first-order chi connectivity index (χ1) is 14.7. The third kappa shape index (κ3) is 7.74. The van der Waals surface area contributed by atoms with Crippen LogP contribution in [-0.4, -0.2) is 57.0 Å². The average molecular weight is 437 g/mol. The second kappa shape index (κ2) is 10.4. The van der Waals surface area contributed by atoms with E-state index >= 15 is 0 Å². The Kier molecular flexibility index (Phi) is 7.84. The van der Waals surface area contributed by atoms with Gasteiger partial charge in [-0.25, -0.2) is 0 Å². The van der Waals surface area contributed by atoms with Crippen molar-refractivity contribution in [3.63, 3.8) is 0 Å². The topological polar surface area (TPSA) is 24.9 Å². The van der Waals surface area contributed by atoms with Crippen molar-refractivity contribution in [3.05, 3.63) is 60.2 Å². The van der Waals surface area contributed by atoms with E-state index in [0.717, 1.165) is 38.4 Å². The van der Waals surface area contributed by atoms with Crippen molar-refractivity contribution in [2.24, 2.45) is 5.41 Å². The summed E-state index contributed by atoms with van der Waals surface area (Å²) in [5.41, 5.74) is 1.89. The minimum Gasteiger partial charge on any atom is -0.482 e. The molecular weight excluding hydrogens is 405 g/mol. The molecule has 0 saturated carbocycles. The van der Waals surface area contributed by atoms with Gasteiger partial charge in [0.15, 0.2) is 6.61 Å². The van der Waals surface area contributed by atoms with Crippen LogP contribution < -0.4 is 9.64 Å². The van der Waals surface area contributed by atoms with E-state index in [9.17, 15) is 13.2 Å². The molecule has 1 saturated heterocycles. The van der Waals surface area contributed by atoms with Crippen LogP contribution in [0.2, 0.25) is 0 Å². The molecule has 0 N–H and O–H groups in total. The van der Waals surface area contributed by atoms with E-state index in [2.05, 4.69) is 35.8 Å². The third-order valence-electron chi connectivity index (χ3n) is 5.23. The van der Waals surface area contributed by atoms with Gasteiger partial charge in [-0.05, 0) is 17.7 Å². The lowest BCUT2D eigenvalue weighted by atomic mass is 9.93. The minimum atomic E-state index is -4.35. The molecule has 0 aliphatic carbocycles. The summed E-state index contributed by atoms with van der Waals surface area (Å²) in [4.78, 5) is 4.49. The monoisotopic (exact) mass is 436 g/mol. The van der Waals surface area contributed by atoms with Gasteiger partial charge in [0.25, 0.3) is 0 Å². The van der Waals surface area contributed by atoms with Crippen LogP contribution in [0.4, 0.5) is 18.9 Å². The summed E-state index contributed by atoms with van der Waals surface area (Å²) in [5.74, 6) is 0.280. The summed E-state index contributed by atoms with van der Waals surface area (Å²) >= 11 is 0. The highest BCUT2D eigenvalue weighted by Crippen LogP contribution is 2.31. The molecule has 0 radical (unpaired) electrons. The number of ether oxygens (including phenoxy) is 2. The fourth-order valence-electron chi connectivity index (χ4n) is 3.82. The second-order valence-corrected chi connectivity index (χ2v) is 8.78. The van der Waals surface area contributed by atoms with Crippen LogP contribution >= 0.6 is 0 Å². The van der Waals surface area contributed by atoms with E-state index in [1.165, 1.54) is 5.56 Å². The second-order valence-electron chi connectivity index (χ2n) is 8.78. The summed E-state index contributed by atoms with van der Waals surface area (Å²) in [6.07, 6.45) is -4.35. The summed E-state index contributed by atoms with van der Waals surface area (Å²) < 4.78 is 48.6. The van der Waals surface area contributed by atoms with Crippen molar-refractivity contribution in [2.75, 3.05) is 50.8 Å². The Labute approximate surface area is 182 Å². The first-order valence-electron chi connectivity index (χ1n) is 10.6.